The lowest BCUT2D eigenvalue weighted by molar-refractivity contribution is -0.128. The lowest BCUT2D eigenvalue weighted by atomic mass is 9.85. The van der Waals surface area contributed by atoms with Gasteiger partial charge in [-0.2, -0.15) is 0 Å². The molecule has 5 unspecified atom stereocenters. The molecule has 0 aromatic heterocycles. The van der Waals surface area contributed by atoms with E-state index in [4.69, 9.17) is 43.0 Å². The Bertz CT molecular complexity index is 636. The Morgan fingerprint density at radius 1 is 0.452 bits per heavy atom. The normalized spacial score (nSPS) is 18.6. The fourth-order valence-corrected chi connectivity index (χ4v) is 4.88. The average Bonchev–Trinajstić information content (AvgIpc) is 3.00. The standard InChI is InChI=1S/C31H64O11/c1-9-28(15-33,16-35-5)20-40-23-30(11-3,18-37-7)24-42-26-31(12-4,19-38-8)25-41-22-29(10-2,17-36-6)21-39-14-27(34)13-32/h27,32-34H,9-26H2,1-8H3. The third kappa shape index (κ3) is 14.6. The van der Waals surface area contributed by atoms with Gasteiger partial charge in [-0.05, 0) is 25.7 Å². The van der Waals surface area contributed by atoms with E-state index in [1.165, 1.54) is 0 Å². The molecule has 0 aromatic rings. The second-order valence-corrected chi connectivity index (χ2v) is 12.1. The van der Waals surface area contributed by atoms with Gasteiger partial charge in [0, 0.05) is 50.1 Å². The van der Waals surface area contributed by atoms with Gasteiger partial charge in [0.15, 0.2) is 0 Å². The highest BCUT2D eigenvalue weighted by atomic mass is 16.5. The van der Waals surface area contributed by atoms with Gasteiger partial charge in [0.1, 0.15) is 6.10 Å². The van der Waals surface area contributed by atoms with Gasteiger partial charge in [-0.15, -0.1) is 0 Å². The van der Waals surface area contributed by atoms with Crippen molar-refractivity contribution in [3.8, 4) is 0 Å². The maximum absolute atomic E-state index is 9.98. The number of hydrogen-bond acceptors (Lipinski definition) is 11. The second kappa shape index (κ2) is 23.0. The summed E-state index contributed by atoms with van der Waals surface area (Å²) in [4.78, 5) is 0. The molecule has 254 valence electrons. The molecule has 0 radical (unpaired) electrons. The molecular weight excluding hydrogens is 548 g/mol. The average molecular weight is 613 g/mol. The lowest BCUT2D eigenvalue weighted by Gasteiger charge is -2.38. The van der Waals surface area contributed by atoms with Gasteiger partial charge < -0.3 is 53.2 Å². The highest BCUT2D eigenvalue weighted by Gasteiger charge is 2.37. The van der Waals surface area contributed by atoms with Crippen LogP contribution >= 0.6 is 0 Å². The molecule has 0 rings (SSSR count). The molecule has 0 aliphatic carbocycles. The van der Waals surface area contributed by atoms with Gasteiger partial charge in [-0.25, -0.2) is 0 Å². The van der Waals surface area contributed by atoms with Crippen LogP contribution in [0.2, 0.25) is 0 Å². The summed E-state index contributed by atoms with van der Waals surface area (Å²) >= 11 is 0. The molecule has 0 bridgehead atoms. The van der Waals surface area contributed by atoms with E-state index in [2.05, 4.69) is 20.8 Å². The van der Waals surface area contributed by atoms with Crippen molar-refractivity contribution in [1.82, 2.24) is 0 Å². The Labute approximate surface area is 255 Å². The Morgan fingerprint density at radius 3 is 1.00 bits per heavy atom. The molecule has 11 nitrogen and oxygen atoms in total. The smallest absolute Gasteiger partial charge is 0.100 e. The van der Waals surface area contributed by atoms with E-state index in [1.54, 1.807) is 28.4 Å². The number of rotatable bonds is 30. The summed E-state index contributed by atoms with van der Waals surface area (Å²) in [6.07, 6.45) is 2.17. The Hall–Kier alpha value is -0.440. The van der Waals surface area contributed by atoms with Crippen LogP contribution in [0.15, 0.2) is 0 Å². The largest absolute Gasteiger partial charge is 0.396 e. The van der Waals surface area contributed by atoms with Crippen LogP contribution in [0, 0.1) is 21.7 Å². The molecule has 11 heteroatoms. The Balaban J connectivity index is 5.39. The van der Waals surface area contributed by atoms with E-state index in [1.807, 2.05) is 6.92 Å². The summed E-state index contributed by atoms with van der Waals surface area (Å²) < 4.78 is 46.7. The van der Waals surface area contributed by atoms with Crippen LogP contribution in [0.25, 0.3) is 0 Å². The first-order chi connectivity index (χ1) is 20.1. The molecule has 0 amide bonds. The van der Waals surface area contributed by atoms with E-state index in [0.717, 1.165) is 25.7 Å². The predicted octanol–water partition coefficient (Wildman–Crippen LogP) is 2.57. The number of methoxy groups -OCH3 is 4. The molecule has 0 spiro atoms. The SMILES string of the molecule is CCC(CO)(COC)COCC(CC)(COC)COCC(CC)(COC)COCC(CC)(COC)COCC(O)CO. The van der Waals surface area contributed by atoms with Crippen molar-refractivity contribution >= 4 is 0 Å². The molecule has 0 aliphatic heterocycles. The third-order valence-electron chi connectivity index (χ3n) is 8.52. The van der Waals surface area contributed by atoms with Gasteiger partial charge in [-0.3, -0.25) is 0 Å². The van der Waals surface area contributed by atoms with E-state index in [9.17, 15) is 10.2 Å². The molecule has 3 N–H and O–H groups in total. The van der Waals surface area contributed by atoms with Crippen LogP contribution in [0.5, 0.6) is 0 Å². The summed E-state index contributed by atoms with van der Waals surface area (Å²) in [5, 5.41) is 28.7. The predicted molar refractivity (Wildman–Crippen MR) is 162 cm³/mol. The molecule has 42 heavy (non-hydrogen) atoms. The molecular formula is C31H64O11. The zero-order valence-electron chi connectivity index (χ0n) is 27.9. The lowest BCUT2D eigenvalue weighted by Crippen LogP contribution is -2.43. The fourth-order valence-electron chi connectivity index (χ4n) is 4.88. The third-order valence-corrected chi connectivity index (χ3v) is 8.52. The van der Waals surface area contributed by atoms with Crippen molar-refractivity contribution in [2.75, 3.05) is 121 Å². The van der Waals surface area contributed by atoms with Crippen molar-refractivity contribution in [1.29, 1.82) is 0 Å². The van der Waals surface area contributed by atoms with Gasteiger partial charge in [0.25, 0.3) is 0 Å². The summed E-state index contributed by atoms with van der Waals surface area (Å²) in [7, 11) is 6.65. The molecule has 0 fully saturated rings. The minimum atomic E-state index is -0.914. The number of ether oxygens (including phenoxy) is 8. The summed E-state index contributed by atoms with van der Waals surface area (Å²) in [5.74, 6) is 0. The van der Waals surface area contributed by atoms with Crippen LogP contribution in [0.3, 0.4) is 0 Å². The first-order valence-electron chi connectivity index (χ1n) is 15.3. The summed E-state index contributed by atoms with van der Waals surface area (Å²) in [6.45, 7) is 12.7. The van der Waals surface area contributed by atoms with Crippen LogP contribution in [0.1, 0.15) is 53.4 Å². The molecule has 5 atom stereocenters. The highest BCUT2D eigenvalue weighted by Crippen LogP contribution is 2.31. The monoisotopic (exact) mass is 612 g/mol. The number of aliphatic hydroxyl groups is 3. The van der Waals surface area contributed by atoms with Crippen molar-refractivity contribution in [2.45, 2.75) is 59.5 Å². The van der Waals surface area contributed by atoms with Gasteiger partial charge >= 0.3 is 0 Å². The highest BCUT2D eigenvalue weighted by molar-refractivity contribution is 4.84. The molecule has 0 aliphatic rings. The minimum absolute atomic E-state index is 0.00623. The van der Waals surface area contributed by atoms with Gasteiger partial charge in [0.05, 0.1) is 92.5 Å². The van der Waals surface area contributed by atoms with Crippen molar-refractivity contribution < 1.29 is 53.2 Å². The maximum atomic E-state index is 9.98. The zero-order valence-corrected chi connectivity index (χ0v) is 27.9. The second-order valence-electron chi connectivity index (χ2n) is 12.1. The number of aliphatic hydroxyl groups excluding tert-OH is 3. The van der Waals surface area contributed by atoms with E-state index >= 15 is 0 Å². The van der Waals surface area contributed by atoms with Gasteiger partial charge in [0.2, 0.25) is 0 Å². The number of hydrogen-bond donors (Lipinski definition) is 3. The topological polar surface area (TPSA) is 135 Å². The Morgan fingerprint density at radius 2 is 0.738 bits per heavy atom. The molecule has 0 saturated heterocycles. The zero-order chi connectivity index (χ0) is 32.0. The quantitative estimate of drug-likeness (QED) is 0.110. The first-order valence-corrected chi connectivity index (χ1v) is 15.3. The van der Waals surface area contributed by atoms with Crippen molar-refractivity contribution in [3.63, 3.8) is 0 Å². The van der Waals surface area contributed by atoms with E-state index in [-0.39, 0.29) is 30.7 Å². The van der Waals surface area contributed by atoms with E-state index in [0.29, 0.717) is 72.7 Å². The Kier molecular flexibility index (Phi) is 22.7. The van der Waals surface area contributed by atoms with Gasteiger partial charge in [-0.1, -0.05) is 27.7 Å². The van der Waals surface area contributed by atoms with Crippen LogP contribution < -0.4 is 0 Å². The summed E-state index contributed by atoms with van der Waals surface area (Å²) in [6, 6.07) is 0. The molecule has 0 aromatic carbocycles. The van der Waals surface area contributed by atoms with Crippen LogP contribution in [-0.2, 0) is 37.9 Å². The summed E-state index contributed by atoms with van der Waals surface area (Å²) in [5.41, 5.74) is -1.54. The minimum Gasteiger partial charge on any atom is -0.396 e. The molecule has 0 saturated carbocycles. The first kappa shape index (κ1) is 41.6. The fraction of sp³-hybridized carbons (Fsp3) is 1.00. The molecule has 0 heterocycles. The van der Waals surface area contributed by atoms with Crippen LogP contribution in [-0.4, -0.2) is 142 Å². The van der Waals surface area contributed by atoms with Crippen molar-refractivity contribution in [2.24, 2.45) is 21.7 Å². The van der Waals surface area contributed by atoms with Crippen molar-refractivity contribution in [3.05, 3.63) is 0 Å². The maximum Gasteiger partial charge on any atom is 0.100 e. The van der Waals surface area contributed by atoms with E-state index < -0.39 is 16.9 Å². The van der Waals surface area contributed by atoms with Crippen LogP contribution in [0.4, 0.5) is 0 Å².